The van der Waals surface area contributed by atoms with Gasteiger partial charge in [0.15, 0.2) is 5.82 Å². The van der Waals surface area contributed by atoms with Gasteiger partial charge in [-0.25, -0.2) is 18.1 Å². The number of aromatic nitrogens is 3. The van der Waals surface area contributed by atoms with Gasteiger partial charge in [-0.2, -0.15) is 9.82 Å². The number of hydrogen-bond acceptors (Lipinski definition) is 6. The highest BCUT2D eigenvalue weighted by molar-refractivity contribution is 7.89. The average Bonchev–Trinajstić information content (AvgIpc) is 3.27. The quantitative estimate of drug-likeness (QED) is 0.480. The molecule has 2 heterocycles. The number of rotatable bonds is 8. The molecule has 0 aliphatic carbocycles. The molecular weight excluding hydrogens is 420 g/mol. The van der Waals surface area contributed by atoms with Crippen molar-refractivity contribution in [2.24, 2.45) is 0 Å². The Kier molecular flexibility index (Phi) is 6.78. The van der Waals surface area contributed by atoms with Gasteiger partial charge in [-0.3, -0.25) is 9.59 Å². The topological polar surface area (TPSA) is 135 Å². The molecule has 0 aliphatic heterocycles. The maximum Gasteiger partial charge on any atom is 0.241 e. The van der Waals surface area contributed by atoms with Gasteiger partial charge < -0.3 is 10.6 Å². The minimum absolute atomic E-state index is 0.0142. The first-order valence-corrected chi connectivity index (χ1v) is 10.9. The maximum atomic E-state index is 12.5. The molecule has 3 N–H and O–H groups in total. The van der Waals surface area contributed by atoms with E-state index in [1.807, 2.05) is 0 Å². The molecule has 0 bridgehead atoms. The number of carbonyl (C=O) groups is 2. The Balaban J connectivity index is 1.55. The first kappa shape index (κ1) is 22.1. The fourth-order valence-electron chi connectivity index (χ4n) is 2.68. The van der Waals surface area contributed by atoms with Gasteiger partial charge in [-0.05, 0) is 48.9 Å². The third-order valence-electron chi connectivity index (χ3n) is 4.23. The number of hydrogen-bond donors (Lipinski definition) is 3. The highest BCUT2D eigenvalue weighted by atomic mass is 32.2. The van der Waals surface area contributed by atoms with Gasteiger partial charge in [0.05, 0.1) is 10.9 Å². The second-order valence-corrected chi connectivity index (χ2v) is 8.46. The third-order valence-corrected chi connectivity index (χ3v) is 5.78. The van der Waals surface area contributed by atoms with Crippen molar-refractivity contribution in [3.63, 3.8) is 0 Å². The lowest BCUT2D eigenvalue weighted by atomic mass is 10.2. The summed E-state index contributed by atoms with van der Waals surface area (Å²) in [4.78, 5) is 27.7. The van der Waals surface area contributed by atoms with E-state index in [9.17, 15) is 18.0 Å². The van der Waals surface area contributed by atoms with Crippen LogP contribution in [0.15, 0.2) is 66.0 Å². The molecule has 2 aromatic heterocycles. The summed E-state index contributed by atoms with van der Waals surface area (Å²) in [5.41, 5.74) is 1.23. The van der Waals surface area contributed by atoms with E-state index < -0.39 is 22.0 Å². The van der Waals surface area contributed by atoms with E-state index in [-0.39, 0.29) is 17.3 Å². The van der Waals surface area contributed by atoms with E-state index in [2.05, 4.69) is 25.4 Å². The van der Waals surface area contributed by atoms with Gasteiger partial charge in [0.2, 0.25) is 21.8 Å². The molecule has 10 nitrogen and oxygen atoms in total. The van der Waals surface area contributed by atoms with Gasteiger partial charge >= 0.3 is 0 Å². The fraction of sp³-hybridized carbons (Fsp3) is 0.200. The molecule has 0 unspecified atom stereocenters. The lowest BCUT2D eigenvalue weighted by Crippen LogP contribution is -2.44. The van der Waals surface area contributed by atoms with E-state index in [1.165, 1.54) is 38.1 Å². The Morgan fingerprint density at radius 2 is 1.87 bits per heavy atom. The van der Waals surface area contributed by atoms with Crippen molar-refractivity contribution in [1.82, 2.24) is 24.8 Å². The van der Waals surface area contributed by atoms with Crippen molar-refractivity contribution in [2.45, 2.75) is 31.3 Å². The van der Waals surface area contributed by atoms with Crippen LogP contribution in [0, 0.1) is 0 Å². The van der Waals surface area contributed by atoms with E-state index in [1.54, 1.807) is 41.5 Å². The zero-order valence-corrected chi connectivity index (χ0v) is 17.8. The minimum atomic E-state index is -3.91. The van der Waals surface area contributed by atoms with Gasteiger partial charge in [0.25, 0.3) is 0 Å². The molecule has 3 rings (SSSR count). The van der Waals surface area contributed by atoms with Crippen LogP contribution in [0.5, 0.6) is 0 Å². The summed E-state index contributed by atoms with van der Waals surface area (Å²) in [5.74, 6) is -0.0921. The summed E-state index contributed by atoms with van der Waals surface area (Å²) in [6, 6.07) is 10.0. The number of carbonyl (C=O) groups excluding carboxylic acids is 2. The number of amides is 2. The van der Waals surface area contributed by atoms with Crippen LogP contribution in [0.4, 0.5) is 5.69 Å². The Labute approximate surface area is 179 Å². The first-order chi connectivity index (χ1) is 14.7. The van der Waals surface area contributed by atoms with Crippen LogP contribution in [0.3, 0.4) is 0 Å². The van der Waals surface area contributed by atoms with Crippen LogP contribution in [-0.2, 0) is 26.2 Å². The van der Waals surface area contributed by atoms with Crippen LogP contribution >= 0.6 is 0 Å². The van der Waals surface area contributed by atoms with E-state index in [0.717, 1.165) is 5.56 Å². The summed E-state index contributed by atoms with van der Waals surface area (Å²) in [6.45, 7) is 3.01. The molecule has 11 heteroatoms. The molecule has 0 fully saturated rings. The molecule has 0 saturated heterocycles. The van der Waals surface area contributed by atoms with Crippen molar-refractivity contribution < 1.29 is 18.0 Å². The summed E-state index contributed by atoms with van der Waals surface area (Å²) in [6.07, 6.45) is 5.03. The monoisotopic (exact) mass is 442 g/mol. The number of anilines is 1. The van der Waals surface area contributed by atoms with Crippen molar-refractivity contribution in [2.75, 3.05) is 5.32 Å². The molecule has 0 aliphatic rings. The Bertz CT molecular complexity index is 1140. The highest BCUT2D eigenvalue weighted by Crippen LogP contribution is 2.14. The van der Waals surface area contributed by atoms with Crippen LogP contribution in [0.25, 0.3) is 5.82 Å². The lowest BCUT2D eigenvalue weighted by molar-refractivity contribution is -0.122. The average molecular weight is 443 g/mol. The molecule has 0 spiro atoms. The molecule has 162 valence electrons. The predicted molar refractivity (Wildman–Crippen MR) is 114 cm³/mol. The summed E-state index contributed by atoms with van der Waals surface area (Å²) in [5, 5.41) is 9.33. The van der Waals surface area contributed by atoms with Gasteiger partial charge in [0, 0.05) is 37.7 Å². The van der Waals surface area contributed by atoms with E-state index in [0.29, 0.717) is 11.5 Å². The number of nitrogens with one attached hydrogen (secondary N) is 3. The normalized spacial score (nSPS) is 12.2. The SMILES string of the molecule is CC(=O)Nc1ccc(S(=O)(=O)N[C@@H](C)C(=O)NCc2ccc(-n3cccn3)nc2)cc1. The second-order valence-electron chi connectivity index (χ2n) is 6.74. The summed E-state index contributed by atoms with van der Waals surface area (Å²) >= 11 is 0. The first-order valence-electron chi connectivity index (χ1n) is 9.37. The molecule has 31 heavy (non-hydrogen) atoms. The molecule has 3 aromatic rings. The number of pyridine rings is 1. The standard InChI is InChI=1S/C20H22N6O4S/c1-14(25-31(29,30)18-7-5-17(6-8-18)24-15(2)27)20(28)22-13-16-4-9-19(21-12-16)26-11-3-10-23-26/h3-12,14,25H,13H2,1-2H3,(H,22,28)(H,24,27)/t14-/m0/s1. The molecule has 1 atom stereocenters. The molecule has 2 amide bonds. The largest absolute Gasteiger partial charge is 0.351 e. The summed E-state index contributed by atoms with van der Waals surface area (Å²) in [7, 11) is -3.91. The molecule has 1 aromatic carbocycles. The zero-order valence-electron chi connectivity index (χ0n) is 16.9. The Morgan fingerprint density at radius 1 is 1.13 bits per heavy atom. The fourth-order valence-corrected chi connectivity index (χ4v) is 3.88. The Hall–Kier alpha value is -3.57. The molecule has 0 saturated carbocycles. The second kappa shape index (κ2) is 9.49. The van der Waals surface area contributed by atoms with Crippen LogP contribution < -0.4 is 15.4 Å². The van der Waals surface area contributed by atoms with Crippen molar-refractivity contribution in [1.29, 1.82) is 0 Å². The molecular formula is C20H22N6O4S. The Morgan fingerprint density at radius 3 is 2.45 bits per heavy atom. The third kappa shape index (κ3) is 5.96. The smallest absolute Gasteiger partial charge is 0.241 e. The summed E-state index contributed by atoms with van der Waals surface area (Å²) < 4.78 is 29.0. The maximum absolute atomic E-state index is 12.5. The van der Waals surface area contributed by atoms with Gasteiger partial charge in [-0.1, -0.05) is 6.07 Å². The van der Waals surface area contributed by atoms with Crippen LogP contribution in [0.2, 0.25) is 0 Å². The van der Waals surface area contributed by atoms with Crippen molar-refractivity contribution >= 4 is 27.5 Å². The van der Waals surface area contributed by atoms with Crippen LogP contribution in [0.1, 0.15) is 19.4 Å². The van der Waals surface area contributed by atoms with Crippen LogP contribution in [-0.4, -0.2) is 41.0 Å². The van der Waals surface area contributed by atoms with Gasteiger partial charge in [0.1, 0.15) is 0 Å². The highest BCUT2D eigenvalue weighted by Gasteiger charge is 2.22. The van der Waals surface area contributed by atoms with Crippen molar-refractivity contribution in [3.05, 3.63) is 66.6 Å². The molecule has 0 radical (unpaired) electrons. The lowest BCUT2D eigenvalue weighted by Gasteiger charge is -2.15. The van der Waals surface area contributed by atoms with Gasteiger partial charge in [-0.15, -0.1) is 0 Å². The number of nitrogens with zero attached hydrogens (tertiary/aromatic N) is 3. The van der Waals surface area contributed by atoms with E-state index in [4.69, 9.17) is 0 Å². The van der Waals surface area contributed by atoms with Crippen molar-refractivity contribution in [3.8, 4) is 5.82 Å². The number of sulfonamides is 1. The van der Waals surface area contributed by atoms with E-state index >= 15 is 0 Å². The zero-order chi connectivity index (χ0) is 22.4. The predicted octanol–water partition coefficient (Wildman–Crippen LogP) is 1.21. The minimum Gasteiger partial charge on any atom is -0.351 e. The number of benzene rings is 1.